The van der Waals surface area contributed by atoms with Crippen LogP contribution in [0.4, 0.5) is 0 Å². The minimum absolute atomic E-state index is 0.0492. The fourth-order valence-corrected chi connectivity index (χ4v) is 4.80. The van der Waals surface area contributed by atoms with Crippen molar-refractivity contribution in [2.75, 3.05) is 12.3 Å². The number of nitrogens with one attached hydrogen (secondary N) is 1. The number of benzene rings is 2. The summed E-state index contributed by atoms with van der Waals surface area (Å²) in [5, 5.41) is 4.74. The number of carbonyl (C=O) groups excluding carboxylic acids is 1. The van der Waals surface area contributed by atoms with Gasteiger partial charge in [-0.1, -0.05) is 59.3 Å². The molecule has 0 bridgehead atoms. The number of aromatic nitrogens is 2. The third-order valence-electron chi connectivity index (χ3n) is 5.57. The van der Waals surface area contributed by atoms with Crippen molar-refractivity contribution >= 4 is 40.2 Å². The maximum atomic E-state index is 13.2. The molecular formula is C25H26ClN3O2S. The molecule has 3 aromatic rings. The van der Waals surface area contributed by atoms with Gasteiger partial charge in [0, 0.05) is 11.6 Å². The maximum Gasteiger partial charge on any atom is 0.262 e. The highest BCUT2D eigenvalue weighted by atomic mass is 35.5. The van der Waals surface area contributed by atoms with Crippen molar-refractivity contribution in [3.63, 3.8) is 0 Å². The van der Waals surface area contributed by atoms with Crippen LogP contribution in [0.25, 0.3) is 10.9 Å². The lowest BCUT2D eigenvalue weighted by molar-refractivity contribution is -0.118. The topological polar surface area (TPSA) is 64.0 Å². The lowest BCUT2D eigenvalue weighted by Crippen LogP contribution is -2.28. The van der Waals surface area contributed by atoms with Crippen molar-refractivity contribution < 1.29 is 4.79 Å². The first-order valence-corrected chi connectivity index (χ1v) is 12.3. The molecule has 0 fully saturated rings. The van der Waals surface area contributed by atoms with Crippen LogP contribution in [-0.4, -0.2) is 27.8 Å². The molecule has 1 N–H and O–H groups in total. The molecule has 1 amide bonds. The molecule has 1 aliphatic rings. The zero-order chi connectivity index (χ0) is 22.3. The molecule has 166 valence electrons. The summed E-state index contributed by atoms with van der Waals surface area (Å²) in [7, 11) is 0. The van der Waals surface area contributed by atoms with Gasteiger partial charge in [-0.2, -0.15) is 0 Å². The summed E-state index contributed by atoms with van der Waals surface area (Å²) < 4.78 is 1.64. The standard InChI is InChI=1S/C25H26ClN3O2S/c26-20-12-10-19(11-13-20)16-29-24(31)21-8-4-5-9-22(21)28-25(29)32-17-23(30)27-15-14-18-6-2-1-3-7-18/h4-6,8-13H,1-3,7,14-17H2,(H,27,30). The zero-order valence-electron chi connectivity index (χ0n) is 17.9. The number of fused-ring (bicyclic) bond motifs is 1. The third kappa shape index (κ3) is 5.81. The molecule has 1 heterocycles. The van der Waals surface area contributed by atoms with Crippen molar-refractivity contribution in [3.05, 3.63) is 81.1 Å². The molecule has 1 aromatic heterocycles. The number of thioether (sulfide) groups is 1. The lowest BCUT2D eigenvalue weighted by Gasteiger charge is -2.14. The Balaban J connectivity index is 1.47. The van der Waals surface area contributed by atoms with E-state index in [-0.39, 0.29) is 17.2 Å². The van der Waals surface area contributed by atoms with E-state index in [2.05, 4.69) is 16.4 Å². The van der Waals surface area contributed by atoms with Crippen LogP contribution in [0.2, 0.25) is 5.02 Å². The summed E-state index contributed by atoms with van der Waals surface area (Å²) in [5.41, 5.74) is 2.91. The van der Waals surface area contributed by atoms with Crippen LogP contribution in [0.1, 0.15) is 37.7 Å². The molecule has 1 aliphatic carbocycles. The molecule has 0 saturated carbocycles. The molecule has 0 atom stereocenters. The van der Waals surface area contributed by atoms with E-state index in [0.29, 0.717) is 34.2 Å². The van der Waals surface area contributed by atoms with Gasteiger partial charge in [0.2, 0.25) is 5.91 Å². The number of hydrogen-bond donors (Lipinski definition) is 1. The summed E-state index contributed by atoms with van der Waals surface area (Å²) in [4.78, 5) is 30.3. The molecule has 32 heavy (non-hydrogen) atoms. The van der Waals surface area contributed by atoms with E-state index >= 15 is 0 Å². The van der Waals surface area contributed by atoms with E-state index in [1.807, 2.05) is 30.3 Å². The van der Waals surface area contributed by atoms with Gasteiger partial charge in [0.25, 0.3) is 5.56 Å². The van der Waals surface area contributed by atoms with Gasteiger partial charge in [-0.15, -0.1) is 0 Å². The molecule has 0 radical (unpaired) electrons. The zero-order valence-corrected chi connectivity index (χ0v) is 19.4. The highest BCUT2D eigenvalue weighted by Gasteiger charge is 2.14. The predicted octanol–water partition coefficient (Wildman–Crippen LogP) is 5.20. The smallest absolute Gasteiger partial charge is 0.262 e. The van der Waals surface area contributed by atoms with Crippen LogP contribution in [0, 0.1) is 0 Å². The first-order chi connectivity index (χ1) is 15.6. The fourth-order valence-electron chi connectivity index (χ4n) is 3.84. The number of hydrogen-bond acceptors (Lipinski definition) is 4. The number of rotatable bonds is 8. The van der Waals surface area contributed by atoms with Crippen LogP contribution in [-0.2, 0) is 11.3 Å². The first kappa shape index (κ1) is 22.6. The quantitative estimate of drug-likeness (QED) is 0.281. The minimum atomic E-state index is -0.113. The van der Waals surface area contributed by atoms with Crippen molar-refractivity contribution in [1.82, 2.24) is 14.9 Å². The number of halogens is 1. The summed E-state index contributed by atoms with van der Waals surface area (Å²) in [6.45, 7) is 1.01. The van der Waals surface area contributed by atoms with E-state index in [4.69, 9.17) is 11.6 Å². The Morgan fingerprint density at radius 3 is 2.72 bits per heavy atom. The second kappa shape index (κ2) is 10.8. The molecule has 7 heteroatoms. The highest BCUT2D eigenvalue weighted by molar-refractivity contribution is 7.99. The van der Waals surface area contributed by atoms with E-state index in [9.17, 15) is 9.59 Å². The van der Waals surface area contributed by atoms with Crippen molar-refractivity contribution in [2.45, 2.75) is 43.8 Å². The Morgan fingerprint density at radius 2 is 1.94 bits per heavy atom. The van der Waals surface area contributed by atoms with Crippen LogP contribution >= 0.6 is 23.4 Å². The van der Waals surface area contributed by atoms with Gasteiger partial charge in [0.05, 0.1) is 23.2 Å². The predicted molar refractivity (Wildman–Crippen MR) is 131 cm³/mol. The van der Waals surface area contributed by atoms with E-state index in [1.54, 1.807) is 22.8 Å². The van der Waals surface area contributed by atoms with Gasteiger partial charge in [-0.25, -0.2) is 4.98 Å². The van der Waals surface area contributed by atoms with Crippen molar-refractivity contribution in [1.29, 1.82) is 0 Å². The molecule has 2 aromatic carbocycles. The second-order valence-corrected chi connectivity index (χ2v) is 9.31. The van der Waals surface area contributed by atoms with Crippen molar-refractivity contribution in [3.8, 4) is 0 Å². The molecule has 0 spiro atoms. The van der Waals surface area contributed by atoms with E-state index < -0.39 is 0 Å². The highest BCUT2D eigenvalue weighted by Crippen LogP contribution is 2.21. The van der Waals surface area contributed by atoms with Crippen LogP contribution in [0.15, 0.2) is 70.1 Å². The Labute approximate surface area is 196 Å². The number of carbonyl (C=O) groups is 1. The summed E-state index contributed by atoms with van der Waals surface area (Å²) in [5.74, 6) is 0.164. The summed E-state index contributed by atoms with van der Waals surface area (Å²) in [6, 6.07) is 14.7. The van der Waals surface area contributed by atoms with Gasteiger partial charge in [-0.3, -0.25) is 14.2 Å². The third-order valence-corrected chi connectivity index (χ3v) is 6.79. The summed E-state index contributed by atoms with van der Waals surface area (Å²) >= 11 is 7.29. The van der Waals surface area contributed by atoms with Gasteiger partial charge in [0.15, 0.2) is 5.16 Å². The van der Waals surface area contributed by atoms with Crippen LogP contribution < -0.4 is 10.9 Å². The average molecular weight is 468 g/mol. The number of amides is 1. The molecule has 0 aliphatic heterocycles. The lowest BCUT2D eigenvalue weighted by atomic mass is 9.97. The molecule has 4 rings (SSSR count). The number of nitrogens with zero attached hydrogens (tertiary/aromatic N) is 2. The fraction of sp³-hybridized carbons (Fsp3) is 0.320. The van der Waals surface area contributed by atoms with E-state index in [0.717, 1.165) is 24.8 Å². The molecule has 5 nitrogen and oxygen atoms in total. The van der Waals surface area contributed by atoms with Gasteiger partial charge in [0.1, 0.15) is 0 Å². The average Bonchev–Trinajstić information content (AvgIpc) is 2.82. The van der Waals surface area contributed by atoms with Crippen LogP contribution in [0.5, 0.6) is 0 Å². The monoisotopic (exact) mass is 467 g/mol. The van der Waals surface area contributed by atoms with Crippen LogP contribution in [0.3, 0.4) is 0 Å². The van der Waals surface area contributed by atoms with Gasteiger partial charge in [-0.05, 0) is 61.9 Å². The Morgan fingerprint density at radius 1 is 1.12 bits per heavy atom. The normalized spacial score (nSPS) is 13.7. The van der Waals surface area contributed by atoms with Crippen molar-refractivity contribution in [2.24, 2.45) is 0 Å². The number of allylic oxidation sites excluding steroid dienone is 1. The maximum absolute atomic E-state index is 13.2. The second-order valence-electron chi connectivity index (χ2n) is 7.93. The Bertz CT molecular complexity index is 1190. The van der Waals surface area contributed by atoms with E-state index in [1.165, 1.54) is 30.2 Å². The molecule has 0 saturated heterocycles. The van der Waals surface area contributed by atoms with Gasteiger partial charge < -0.3 is 5.32 Å². The Kier molecular flexibility index (Phi) is 7.66. The van der Waals surface area contributed by atoms with Gasteiger partial charge >= 0.3 is 0 Å². The SMILES string of the molecule is O=C(CSc1nc2ccccc2c(=O)n1Cc1ccc(Cl)cc1)NCCC1=CCCCC1. The largest absolute Gasteiger partial charge is 0.355 e. The first-order valence-electron chi connectivity index (χ1n) is 10.9. The molecular weight excluding hydrogens is 442 g/mol. The number of para-hydroxylation sites is 1. The minimum Gasteiger partial charge on any atom is -0.355 e. The molecule has 0 unspecified atom stereocenters. The summed E-state index contributed by atoms with van der Waals surface area (Å²) in [6.07, 6.45) is 8.02. The Hall–Kier alpha value is -2.57.